The highest BCUT2D eigenvalue weighted by atomic mass is 16.5. The van der Waals surface area contributed by atoms with Crippen molar-refractivity contribution >= 4 is 11.9 Å². The Balaban J connectivity index is 2.60. The molecular weight excluding hydrogens is 174 g/mol. The van der Waals surface area contributed by atoms with Crippen LogP contribution in [-0.2, 0) is 16.6 Å². The second-order valence-electron chi connectivity index (χ2n) is 2.49. The number of carbonyl (C=O) groups excluding carboxylic acids is 1. The number of aryl methyl sites for hydroxylation is 1. The molecule has 0 aliphatic rings. The first-order valence-corrected chi connectivity index (χ1v) is 3.71. The summed E-state index contributed by atoms with van der Waals surface area (Å²) < 4.78 is 6.17. The van der Waals surface area contributed by atoms with E-state index in [4.69, 9.17) is 4.74 Å². The second kappa shape index (κ2) is 3.94. The van der Waals surface area contributed by atoms with Gasteiger partial charge >= 0.3 is 0 Å². The van der Waals surface area contributed by atoms with Gasteiger partial charge in [-0.25, -0.2) is 4.68 Å². The number of carbonyl (C=O) groups is 1. The molecule has 1 rings (SSSR count). The van der Waals surface area contributed by atoms with Crippen LogP contribution in [-0.4, -0.2) is 39.3 Å². The number of ether oxygens (including phenoxy) is 1. The van der Waals surface area contributed by atoms with E-state index in [1.165, 1.54) is 11.8 Å². The predicted molar refractivity (Wildman–Crippen MR) is 43.9 cm³/mol. The lowest BCUT2D eigenvalue weighted by atomic mass is 10.4. The first-order chi connectivity index (χ1) is 6.15. The smallest absolute Gasteiger partial charge is 0.255 e. The van der Waals surface area contributed by atoms with Crippen molar-refractivity contribution in [3.63, 3.8) is 0 Å². The standard InChI is InChI=1S/C6H11N5O2/c1-4(13-3)5(12)7-6-8-9-10-11(6)2/h4H,1-3H3,(H,7,8,10,12). The van der Waals surface area contributed by atoms with Gasteiger partial charge in [0.05, 0.1) is 0 Å². The number of nitrogens with zero attached hydrogens (tertiary/aromatic N) is 4. The average molecular weight is 185 g/mol. The lowest BCUT2D eigenvalue weighted by Crippen LogP contribution is -2.27. The van der Waals surface area contributed by atoms with E-state index in [0.717, 1.165) is 0 Å². The molecule has 1 amide bonds. The van der Waals surface area contributed by atoms with Crippen LogP contribution >= 0.6 is 0 Å². The van der Waals surface area contributed by atoms with Crippen molar-refractivity contribution in [1.82, 2.24) is 20.2 Å². The quantitative estimate of drug-likeness (QED) is 0.665. The highest BCUT2D eigenvalue weighted by Gasteiger charge is 2.14. The number of hydrogen-bond donors (Lipinski definition) is 1. The Hall–Kier alpha value is -1.50. The minimum atomic E-state index is -0.517. The van der Waals surface area contributed by atoms with E-state index in [1.807, 2.05) is 0 Å². The summed E-state index contributed by atoms with van der Waals surface area (Å²) in [4.78, 5) is 11.2. The molecule has 1 N–H and O–H groups in total. The van der Waals surface area contributed by atoms with Crippen molar-refractivity contribution in [3.8, 4) is 0 Å². The summed E-state index contributed by atoms with van der Waals surface area (Å²) in [6.45, 7) is 1.64. The molecule has 13 heavy (non-hydrogen) atoms. The van der Waals surface area contributed by atoms with Crippen LogP contribution < -0.4 is 5.32 Å². The number of nitrogens with one attached hydrogen (secondary N) is 1. The van der Waals surface area contributed by atoms with E-state index in [-0.39, 0.29) is 5.91 Å². The van der Waals surface area contributed by atoms with E-state index in [1.54, 1.807) is 14.0 Å². The molecule has 1 aromatic heterocycles. The highest BCUT2D eigenvalue weighted by Crippen LogP contribution is 1.98. The SMILES string of the molecule is COC(C)C(=O)Nc1nnnn1C. The van der Waals surface area contributed by atoms with Gasteiger partial charge in [0.2, 0.25) is 5.95 Å². The Morgan fingerprint density at radius 2 is 2.38 bits per heavy atom. The first kappa shape index (κ1) is 9.59. The Labute approximate surface area is 75.1 Å². The van der Waals surface area contributed by atoms with Gasteiger partial charge in [-0.15, -0.1) is 0 Å². The fourth-order valence-corrected chi connectivity index (χ4v) is 0.654. The third kappa shape index (κ3) is 2.22. The molecule has 1 unspecified atom stereocenters. The van der Waals surface area contributed by atoms with Crippen LogP contribution in [0.1, 0.15) is 6.92 Å². The van der Waals surface area contributed by atoms with Gasteiger partial charge in [-0.2, -0.15) is 0 Å². The van der Waals surface area contributed by atoms with Crippen molar-refractivity contribution in [2.24, 2.45) is 7.05 Å². The molecule has 1 aromatic rings. The van der Waals surface area contributed by atoms with Gasteiger partial charge < -0.3 is 4.74 Å². The summed E-state index contributed by atoms with van der Waals surface area (Å²) in [7, 11) is 3.09. The normalized spacial score (nSPS) is 12.5. The van der Waals surface area contributed by atoms with Gasteiger partial charge in [0.15, 0.2) is 0 Å². The maximum Gasteiger partial charge on any atom is 0.255 e. The predicted octanol–water partition coefficient (Wildman–Crippen LogP) is -0.817. The molecule has 0 aromatic carbocycles. The van der Waals surface area contributed by atoms with Crippen molar-refractivity contribution in [2.75, 3.05) is 12.4 Å². The summed E-state index contributed by atoms with van der Waals surface area (Å²) in [5, 5.41) is 13.0. The van der Waals surface area contributed by atoms with Crippen LogP contribution in [0.15, 0.2) is 0 Å². The maximum atomic E-state index is 11.2. The molecule has 0 aliphatic heterocycles. The third-order valence-corrected chi connectivity index (χ3v) is 1.58. The van der Waals surface area contributed by atoms with Crippen LogP contribution in [0.2, 0.25) is 0 Å². The Kier molecular flexibility index (Phi) is 2.91. The van der Waals surface area contributed by atoms with Crippen LogP contribution in [0.25, 0.3) is 0 Å². The molecule has 0 saturated carbocycles. The van der Waals surface area contributed by atoms with Crippen molar-refractivity contribution in [2.45, 2.75) is 13.0 Å². The van der Waals surface area contributed by atoms with Gasteiger partial charge in [0.25, 0.3) is 5.91 Å². The monoisotopic (exact) mass is 185 g/mol. The summed E-state index contributed by atoms with van der Waals surface area (Å²) in [6.07, 6.45) is -0.517. The van der Waals surface area contributed by atoms with Crippen LogP contribution in [0, 0.1) is 0 Å². The lowest BCUT2D eigenvalue weighted by molar-refractivity contribution is -0.124. The first-order valence-electron chi connectivity index (χ1n) is 3.71. The zero-order chi connectivity index (χ0) is 9.84. The molecule has 7 heteroatoms. The van der Waals surface area contributed by atoms with Gasteiger partial charge in [-0.05, 0) is 17.4 Å². The van der Waals surface area contributed by atoms with Crippen LogP contribution in [0.4, 0.5) is 5.95 Å². The average Bonchev–Trinajstić information content (AvgIpc) is 2.50. The Bertz CT molecular complexity index is 297. The number of tetrazole rings is 1. The summed E-state index contributed by atoms with van der Waals surface area (Å²) in [6, 6.07) is 0. The van der Waals surface area contributed by atoms with Gasteiger partial charge in [0.1, 0.15) is 6.10 Å². The van der Waals surface area contributed by atoms with E-state index in [0.29, 0.717) is 5.95 Å². The molecule has 0 fully saturated rings. The highest BCUT2D eigenvalue weighted by molar-refractivity contribution is 5.92. The largest absolute Gasteiger partial charge is 0.372 e. The van der Waals surface area contributed by atoms with E-state index in [9.17, 15) is 4.79 Å². The molecule has 0 saturated heterocycles. The minimum Gasteiger partial charge on any atom is -0.372 e. The summed E-state index contributed by atoms with van der Waals surface area (Å²) in [5.41, 5.74) is 0. The van der Waals surface area contributed by atoms with Crippen molar-refractivity contribution in [1.29, 1.82) is 0 Å². The molecule has 1 atom stereocenters. The number of rotatable bonds is 3. The number of anilines is 1. The van der Waals surface area contributed by atoms with Gasteiger partial charge in [0, 0.05) is 14.2 Å². The summed E-state index contributed by atoms with van der Waals surface area (Å²) in [5.74, 6) is 0.0225. The van der Waals surface area contributed by atoms with Gasteiger partial charge in [-0.1, -0.05) is 5.10 Å². The Morgan fingerprint density at radius 1 is 1.69 bits per heavy atom. The number of amides is 1. The zero-order valence-corrected chi connectivity index (χ0v) is 7.68. The molecule has 0 radical (unpaired) electrons. The summed E-state index contributed by atoms with van der Waals surface area (Å²) >= 11 is 0. The fourth-order valence-electron chi connectivity index (χ4n) is 0.654. The van der Waals surface area contributed by atoms with Crippen molar-refractivity contribution in [3.05, 3.63) is 0 Å². The molecule has 0 aliphatic carbocycles. The maximum absolute atomic E-state index is 11.2. The lowest BCUT2D eigenvalue weighted by Gasteiger charge is -2.08. The van der Waals surface area contributed by atoms with Crippen molar-refractivity contribution < 1.29 is 9.53 Å². The van der Waals surface area contributed by atoms with Gasteiger partial charge in [-0.3, -0.25) is 10.1 Å². The topological polar surface area (TPSA) is 81.9 Å². The fraction of sp³-hybridized carbons (Fsp3) is 0.667. The van der Waals surface area contributed by atoms with Crippen LogP contribution in [0.5, 0.6) is 0 Å². The Morgan fingerprint density at radius 3 is 2.85 bits per heavy atom. The second-order valence-corrected chi connectivity index (χ2v) is 2.49. The molecule has 72 valence electrons. The molecule has 1 heterocycles. The molecular formula is C6H11N5O2. The zero-order valence-electron chi connectivity index (χ0n) is 7.68. The number of methoxy groups -OCH3 is 1. The molecule has 0 bridgehead atoms. The molecule has 7 nitrogen and oxygen atoms in total. The third-order valence-electron chi connectivity index (χ3n) is 1.58. The minimum absolute atomic E-state index is 0.277. The van der Waals surface area contributed by atoms with E-state index in [2.05, 4.69) is 20.8 Å². The number of hydrogen-bond acceptors (Lipinski definition) is 5. The number of aromatic nitrogens is 4. The van der Waals surface area contributed by atoms with Crippen LogP contribution in [0.3, 0.4) is 0 Å². The van der Waals surface area contributed by atoms with E-state index < -0.39 is 6.10 Å². The molecule has 0 spiro atoms. The van der Waals surface area contributed by atoms with E-state index >= 15 is 0 Å².